The van der Waals surface area contributed by atoms with Crippen LogP contribution < -0.4 is 0 Å². The van der Waals surface area contributed by atoms with Crippen LogP contribution in [0.15, 0.2) is 15.0 Å². The lowest BCUT2D eigenvalue weighted by Gasteiger charge is -2.07. The van der Waals surface area contributed by atoms with Crippen LogP contribution in [0.25, 0.3) is 0 Å². The fourth-order valence-corrected chi connectivity index (χ4v) is 2.03. The summed E-state index contributed by atoms with van der Waals surface area (Å²) in [6.45, 7) is 6.32. The smallest absolute Gasteiger partial charge is 0.0245 e. The monoisotopic (exact) mass is 276 g/mol. The zero-order valence-electron chi connectivity index (χ0n) is 6.83. The van der Waals surface area contributed by atoms with Crippen LogP contribution in [0.5, 0.6) is 0 Å². The number of rotatable bonds is 0. The number of hydrogen-bond acceptors (Lipinski definition) is 0. The number of benzene rings is 1. The lowest BCUT2D eigenvalue weighted by molar-refractivity contribution is 1.26. The summed E-state index contributed by atoms with van der Waals surface area (Å²) in [5, 5.41) is 0. The Balaban J connectivity index is 3.46. The van der Waals surface area contributed by atoms with E-state index < -0.39 is 0 Å². The maximum atomic E-state index is 3.53. The van der Waals surface area contributed by atoms with Gasteiger partial charge in [0.15, 0.2) is 0 Å². The average Bonchev–Trinajstić information content (AvgIpc) is 1.97. The van der Waals surface area contributed by atoms with Crippen molar-refractivity contribution in [2.75, 3.05) is 0 Å². The highest BCUT2D eigenvalue weighted by Crippen LogP contribution is 2.30. The Bertz CT molecular complexity index is 264. The first-order chi connectivity index (χ1) is 5.04. The van der Waals surface area contributed by atoms with E-state index in [-0.39, 0.29) is 0 Å². The predicted molar refractivity (Wildman–Crippen MR) is 56.1 cm³/mol. The van der Waals surface area contributed by atoms with E-state index in [0.29, 0.717) is 0 Å². The summed E-state index contributed by atoms with van der Waals surface area (Å²) in [6.07, 6.45) is 0. The summed E-state index contributed by atoms with van der Waals surface area (Å²) >= 11 is 7.07. The predicted octanol–water partition coefficient (Wildman–Crippen LogP) is 4.14. The van der Waals surface area contributed by atoms with Gasteiger partial charge in [-0.1, -0.05) is 37.9 Å². The molecule has 1 aromatic carbocycles. The molecular weight excluding hydrogens is 268 g/mol. The molecule has 0 heterocycles. The highest BCUT2D eigenvalue weighted by atomic mass is 79.9. The standard InChI is InChI=1S/C9H10Br2/c1-5-4-6(2)9(11)7(3)8(5)10/h4H,1-3H3. The molecule has 0 saturated carbocycles. The van der Waals surface area contributed by atoms with E-state index in [0.717, 1.165) is 0 Å². The first kappa shape index (κ1) is 9.27. The van der Waals surface area contributed by atoms with E-state index in [2.05, 4.69) is 58.7 Å². The van der Waals surface area contributed by atoms with Crippen molar-refractivity contribution in [3.8, 4) is 0 Å². The maximum Gasteiger partial charge on any atom is 0.0245 e. The molecule has 0 atom stereocenters. The Morgan fingerprint density at radius 2 is 1.27 bits per heavy atom. The van der Waals surface area contributed by atoms with Gasteiger partial charge in [-0.3, -0.25) is 0 Å². The topological polar surface area (TPSA) is 0 Å². The first-order valence-corrected chi connectivity index (χ1v) is 5.04. The highest BCUT2D eigenvalue weighted by molar-refractivity contribution is 9.11. The highest BCUT2D eigenvalue weighted by Gasteiger charge is 2.05. The number of aryl methyl sites for hydroxylation is 2. The van der Waals surface area contributed by atoms with Gasteiger partial charge < -0.3 is 0 Å². The van der Waals surface area contributed by atoms with Crippen molar-refractivity contribution in [2.45, 2.75) is 20.8 Å². The number of halogens is 2. The molecule has 0 aromatic heterocycles. The van der Waals surface area contributed by atoms with Crippen molar-refractivity contribution in [3.05, 3.63) is 31.7 Å². The zero-order chi connectivity index (χ0) is 8.59. The third-order valence-corrected chi connectivity index (χ3v) is 4.22. The van der Waals surface area contributed by atoms with Crippen molar-refractivity contribution >= 4 is 31.9 Å². The second kappa shape index (κ2) is 3.28. The van der Waals surface area contributed by atoms with Gasteiger partial charge in [0.05, 0.1) is 0 Å². The van der Waals surface area contributed by atoms with E-state index in [1.807, 2.05) is 0 Å². The van der Waals surface area contributed by atoms with Crippen LogP contribution in [0.1, 0.15) is 16.7 Å². The molecule has 0 radical (unpaired) electrons. The van der Waals surface area contributed by atoms with Crippen molar-refractivity contribution in [3.63, 3.8) is 0 Å². The van der Waals surface area contributed by atoms with Gasteiger partial charge in [-0.15, -0.1) is 0 Å². The maximum absolute atomic E-state index is 3.53. The van der Waals surface area contributed by atoms with E-state index in [1.54, 1.807) is 0 Å². The molecule has 60 valence electrons. The van der Waals surface area contributed by atoms with Gasteiger partial charge in [0.2, 0.25) is 0 Å². The van der Waals surface area contributed by atoms with Crippen LogP contribution in [-0.4, -0.2) is 0 Å². The van der Waals surface area contributed by atoms with Crippen molar-refractivity contribution in [1.82, 2.24) is 0 Å². The van der Waals surface area contributed by atoms with Crippen LogP contribution in [0.4, 0.5) is 0 Å². The molecule has 1 aromatic rings. The fraction of sp³-hybridized carbons (Fsp3) is 0.333. The molecule has 0 unspecified atom stereocenters. The molecule has 2 heteroatoms. The average molecular weight is 278 g/mol. The minimum atomic E-state index is 1.20. The molecule has 0 N–H and O–H groups in total. The Hall–Kier alpha value is 0.180. The van der Waals surface area contributed by atoms with E-state index in [9.17, 15) is 0 Å². The Kier molecular flexibility index (Phi) is 2.76. The Labute approximate surface area is 84.3 Å². The molecule has 0 nitrogen and oxygen atoms in total. The fourth-order valence-electron chi connectivity index (χ4n) is 1.14. The Morgan fingerprint density at radius 1 is 0.909 bits per heavy atom. The third-order valence-electron chi connectivity index (χ3n) is 1.78. The van der Waals surface area contributed by atoms with E-state index in [4.69, 9.17) is 0 Å². The summed E-state index contributed by atoms with van der Waals surface area (Å²) in [7, 11) is 0. The van der Waals surface area contributed by atoms with Crippen LogP contribution in [0, 0.1) is 20.8 Å². The second-order valence-corrected chi connectivity index (χ2v) is 4.35. The Morgan fingerprint density at radius 3 is 1.64 bits per heavy atom. The van der Waals surface area contributed by atoms with Gasteiger partial charge in [-0.25, -0.2) is 0 Å². The summed E-state index contributed by atoms with van der Waals surface area (Å²) in [5.74, 6) is 0. The third kappa shape index (κ3) is 1.67. The number of hydrogen-bond donors (Lipinski definition) is 0. The van der Waals surface area contributed by atoms with Gasteiger partial charge in [0.1, 0.15) is 0 Å². The van der Waals surface area contributed by atoms with Crippen LogP contribution >= 0.6 is 31.9 Å². The second-order valence-electron chi connectivity index (χ2n) is 2.76. The van der Waals surface area contributed by atoms with Crippen LogP contribution in [0.2, 0.25) is 0 Å². The van der Waals surface area contributed by atoms with Gasteiger partial charge in [-0.2, -0.15) is 0 Å². The normalized spacial score (nSPS) is 10.3. The molecule has 0 fully saturated rings. The van der Waals surface area contributed by atoms with Crippen molar-refractivity contribution in [1.29, 1.82) is 0 Å². The SMILES string of the molecule is Cc1cc(C)c(Br)c(C)c1Br. The molecule has 11 heavy (non-hydrogen) atoms. The largest absolute Gasteiger partial charge is 0.0541 e. The molecule has 0 amide bonds. The summed E-state index contributed by atoms with van der Waals surface area (Å²) < 4.78 is 2.41. The van der Waals surface area contributed by atoms with Gasteiger partial charge >= 0.3 is 0 Å². The van der Waals surface area contributed by atoms with E-state index in [1.165, 1.54) is 25.6 Å². The zero-order valence-corrected chi connectivity index (χ0v) is 10.0. The molecule has 0 aliphatic carbocycles. The lowest BCUT2D eigenvalue weighted by atomic mass is 10.1. The molecular formula is C9H10Br2. The van der Waals surface area contributed by atoms with Crippen molar-refractivity contribution < 1.29 is 0 Å². The molecule has 0 bridgehead atoms. The molecule has 0 aliphatic heterocycles. The van der Waals surface area contributed by atoms with Gasteiger partial charge in [0.25, 0.3) is 0 Å². The van der Waals surface area contributed by atoms with Gasteiger partial charge in [0, 0.05) is 8.95 Å². The molecule has 1 rings (SSSR count). The molecule has 0 spiro atoms. The summed E-state index contributed by atoms with van der Waals surface area (Å²) in [6, 6.07) is 2.17. The van der Waals surface area contributed by atoms with Crippen LogP contribution in [-0.2, 0) is 0 Å². The molecule has 0 saturated heterocycles. The quantitative estimate of drug-likeness (QED) is 0.669. The summed E-state index contributed by atoms with van der Waals surface area (Å²) in [4.78, 5) is 0. The molecule has 0 aliphatic rings. The van der Waals surface area contributed by atoms with E-state index >= 15 is 0 Å². The minimum Gasteiger partial charge on any atom is -0.0541 e. The lowest BCUT2D eigenvalue weighted by Crippen LogP contribution is -1.87. The van der Waals surface area contributed by atoms with Gasteiger partial charge in [-0.05, 0) is 37.5 Å². The minimum absolute atomic E-state index is 1.20. The van der Waals surface area contributed by atoms with Crippen molar-refractivity contribution in [2.24, 2.45) is 0 Å². The van der Waals surface area contributed by atoms with Crippen LogP contribution in [0.3, 0.4) is 0 Å². The first-order valence-electron chi connectivity index (χ1n) is 3.46. The summed E-state index contributed by atoms with van der Waals surface area (Å²) in [5.41, 5.74) is 3.87.